The van der Waals surface area contributed by atoms with Crippen LogP contribution < -0.4 is 24.8 Å². The van der Waals surface area contributed by atoms with Gasteiger partial charge in [-0.25, -0.2) is 0 Å². The van der Waals surface area contributed by atoms with Gasteiger partial charge in [-0.3, -0.25) is 4.99 Å². The Balaban J connectivity index is 0.000000261. The average molecular weight is 611 g/mol. The molecule has 4 aliphatic rings. The van der Waals surface area contributed by atoms with Crippen LogP contribution >= 0.6 is 0 Å². The summed E-state index contributed by atoms with van der Waals surface area (Å²) in [4.78, 5) is 4.19. The largest absolute Gasteiger partial charge is 3.00 e. The third kappa shape index (κ3) is 5.41. The van der Waals surface area contributed by atoms with E-state index in [-0.39, 0.29) is 51.0 Å². The molecule has 0 N–H and O–H groups in total. The van der Waals surface area contributed by atoms with Gasteiger partial charge in [0.2, 0.25) is 0 Å². The molecule has 0 aromatic heterocycles. The molecule has 1 aliphatic carbocycles. The van der Waals surface area contributed by atoms with Gasteiger partial charge in [0.15, 0.2) is 0 Å². The quantitative estimate of drug-likeness (QED) is 0.240. The Hall–Kier alpha value is -1.38. The molecule has 185 valence electrons. The van der Waals surface area contributed by atoms with E-state index in [0.717, 1.165) is 0 Å². The Kier molecular flexibility index (Phi) is 10.7. The molecule has 1 radical (unpaired) electrons. The second-order valence-electron chi connectivity index (χ2n) is 10.2. The van der Waals surface area contributed by atoms with Crippen molar-refractivity contribution in [2.24, 2.45) is 4.99 Å². The number of hydrogen-bond donors (Lipinski definition) is 0. The van der Waals surface area contributed by atoms with E-state index >= 15 is 0 Å². The molecular weight excluding hydrogens is 577 g/mol. The molecule has 0 unspecified atom stereocenters. The number of allylic oxidation sites excluding steroid dienone is 5. The molecule has 3 aromatic carbocycles. The summed E-state index contributed by atoms with van der Waals surface area (Å²) in [6.45, 7) is 11.5. The summed E-state index contributed by atoms with van der Waals surface area (Å²) >= 11 is 0. The van der Waals surface area contributed by atoms with Crippen LogP contribution in [0.2, 0.25) is 13.1 Å². The van der Waals surface area contributed by atoms with E-state index in [2.05, 4.69) is 93.5 Å². The van der Waals surface area contributed by atoms with Gasteiger partial charge < -0.3 is 24.8 Å². The van der Waals surface area contributed by atoms with Crippen LogP contribution in [0.4, 0.5) is 0 Å². The zero-order chi connectivity index (χ0) is 23.2. The van der Waals surface area contributed by atoms with Crippen molar-refractivity contribution in [1.82, 2.24) is 0 Å². The molecule has 0 saturated carbocycles. The Labute approximate surface area is 249 Å². The van der Waals surface area contributed by atoms with Crippen LogP contribution in [0.25, 0.3) is 21.9 Å². The van der Waals surface area contributed by atoms with Crippen LogP contribution in [-0.4, -0.2) is 14.3 Å². The first-order valence-electron chi connectivity index (χ1n) is 12.4. The van der Waals surface area contributed by atoms with Crippen molar-refractivity contribution in [1.29, 1.82) is 0 Å². The second kappa shape index (κ2) is 12.4. The van der Waals surface area contributed by atoms with Crippen molar-refractivity contribution in [2.75, 3.05) is 0 Å². The van der Waals surface area contributed by atoms with Gasteiger partial charge >= 0.3 is 26.2 Å². The van der Waals surface area contributed by atoms with Crippen molar-refractivity contribution >= 4 is 25.1 Å². The van der Waals surface area contributed by atoms with Crippen LogP contribution in [0.15, 0.2) is 92.9 Å². The molecule has 2 bridgehead atoms. The van der Waals surface area contributed by atoms with E-state index in [1.165, 1.54) is 69.9 Å². The van der Waals surface area contributed by atoms with Gasteiger partial charge in [-0.05, 0) is 41.3 Å². The minimum Gasteiger partial charge on any atom is -1.00 e. The van der Waals surface area contributed by atoms with Gasteiger partial charge in [-0.15, -0.1) is 34.5 Å². The first-order chi connectivity index (χ1) is 15.9. The predicted octanol–water partition coefficient (Wildman–Crippen LogP) is 2.65. The SMILES string of the molecule is CC1=C2C3=CN=CC3=C1[Si]2(C)C.CCCCCc1ccc(-c2cccc3[cH-]c(C)cc23)cc1.[Cl-].[Cl-].[Zr+3]. The standard InChI is InChI=1S/C21H23.C10H11NSi.2ClH.Zr/c1-3-4-5-7-17-10-12-18(13-11-17)20-9-6-8-19-14-16(2)15-21(19)20;1-6-9-7-4-11-5-8(7)10(6)12(9,2)3;;;/h6,8-15H,3-5,7H2,1-2H3;4-5H,1-3H3;2*1H;/q-1;;;;+3/p-2. The molecule has 5 heteroatoms. The van der Waals surface area contributed by atoms with Crippen LogP contribution in [-0.2, 0) is 32.6 Å². The van der Waals surface area contributed by atoms with Crippen LogP contribution in [0.5, 0.6) is 0 Å². The van der Waals surface area contributed by atoms with Gasteiger partial charge in [0.05, 0.1) is 0 Å². The fourth-order valence-electron chi connectivity index (χ4n) is 5.99. The molecule has 0 atom stereocenters. The number of nitrogens with zero attached hydrogens (tertiary/aromatic N) is 1. The molecule has 3 aromatic rings. The maximum Gasteiger partial charge on any atom is 3.00 e. The summed E-state index contributed by atoms with van der Waals surface area (Å²) in [5.74, 6) is 0. The number of aryl methyl sites for hydroxylation is 2. The molecule has 1 nitrogen and oxygen atoms in total. The van der Waals surface area contributed by atoms with Crippen molar-refractivity contribution in [3.05, 3.63) is 99.0 Å². The summed E-state index contributed by atoms with van der Waals surface area (Å²) in [6, 6.07) is 20.3. The predicted molar refractivity (Wildman–Crippen MR) is 147 cm³/mol. The van der Waals surface area contributed by atoms with Gasteiger partial charge in [-0.1, -0.05) is 81.3 Å². The summed E-state index contributed by atoms with van der Waals surface area (Å²) < 4.78 is 0. The summed E-state index contributed by atoms with van der Waals surface area (Å²) in [5, 5.41) is 6.03. The van der Waals surface area contributed by atoms with E-state index in [9.17, 15) is 0 Å². The zero-order valence-electron chi connectivity index (χ0n) is 21.9. The van der Waals surface area contributed by atoms with E-state index in [1.54, 1.807) is 16.0 Å². The van der Waals surface area contributed by atoms with E-state index in [0.29, 0.717) is 0 Å². The van der Waals surface area contributed by atoms with Gasteiger partial charge in [-0.2, -0.15) is 6.07 Å². The number of hydrogen-bond acceptors (Lipinski definition) is 1. The fourth-order valence-corrected chi connectivity index (χ4v) is 9.93. The molecule has 0 saturated heterocycles. The molecule has 0 spiro atoms. The molecule has 0 fully saturated rings. The molecular formula is C31H34Cl2NSiZr. The summed E-state index contributed by atoms with van der Waals surface area (Å²) in [5.41, 5.74) is 9.91. The first kappa shape index (κ1) is 30.8. The van der Waals surface area contributed by atoms with Crippen LogP contribution in [0, 0.1) is 6.92 Å². The van der Waals surface area contributed by atoms with Gasteiger partial charge in [0.25, 0.3) is 0 Å². The number of rotatable bonds is 5. The summed E-state index contributed by atoms with van der Waals surface area (Å²) in [7, 11) is -1.11. The van der Waals surface area contributed by atoms with E-state index in [1.807, 2.05) is 12.4 Å². The zero-order valence-corrected chi connectivity index (χ0v) is 26.9. The van der Waals surface area contributed by atoms with Crippen LogP contribution in [0.3, 0.4) is 0 Å². The number of unbranched alkanes of at least 4 members (excludes halogenated alkanes) is 2. The van der Waals surface area contributed by atoms with Crippen LogP contribution in [0.1, 0.15) is 44.2 Å². The van der Waals surface area contributed by atoms with Gasteiger partial charge in [0, 0.05) is 23.6 Å². The number of benzene rings is 2. The fraction of sp³-hybridized carbons (Fsp3) is 0.290. The normalized spacial score (nSPS) is 15.8. The van der Waals surface area contributed by atoms with Crippen molar-refractivity contribution in [3.63, 3.8) is 0 Å². The second-order valence-corrected chi connectivity index (χ2v) is 14.5. The smallest absolute Gasteiger partial charge is 1.00 e. The van der Waals surface area contributed by atoms with Crippen molar-refractivity contribution < 1.29 is 51.0 Å². The molecule has 0 amide bonds. The minimum atomic E-state index is -1.11. The minimum absolute atomic E-state index is 0. The molecule has 36 heavy (non-hydrogen) atoms. The van der Waals surface area contributed by atoms with Crippen molar-refractivity contribution in [2.45, 2.75) is 59.5 Å². The monoisotopic (exact) mass is 608 g/mol. The van der Waals surface area contributed by atoms with Gasteiger partial charge in [0.1, 0.15) is 8.07 Å². The number of fused-ring (bicyclic) bond motifs is 1. The summed E-state index contributed by atoms with van der Waals surface area (Å²) in [6.07, 6.45) is 9.18. The average Bonchev–Trinajstić information content (AvgIpc) is 3.51. The maximum atomic E-state index is 4.19. The topological polar surface area (TPSA) is 12.4 Å². The molecule has 7 rings (SSSR count). The maximum absolute atomic E-state index is 4.19. The third-order valence-corrected chi connectivity index (χ3v) is 11.3. The first-order valence-corrected chi connectivity index (χ1v) is 15.4. The van der Waals surface area contributed by atoms with E-state index in [4.69, 9.17) is 0 Å². The van der Waals surface area contributed by atoms with E-state index < -0.39 is 8.07 Å². The number of halogens is 2. The van der Waals surface area contributed by atoms with Crippen molar-refractivity contribution in [3.8, 4) is 11.1 Å². The molecule has 3 heterocycles. The Morgan fingerprint density at radius 1 is 0.917 bits per heavy atom. The molecule has 3 aliphatic heterocycles. The Bertz CT molecular complexity index is 1360. The third-order valence-electron chi connectivity index (χ3n) is 7.47. The number of aliphatic imine (C=N–C) groups is 1. The Morgan fingerprint density at radius 2 is 1.64 bits per heavy atom. The Morgan fingerprint density at radius 3 is 2.28 bits per heavy atom.